The standard InChI is InChI=1S/C19H15FO/c1-12-10-11-14-7-3-4-8-15(14)17(12)19(21)16-9-5-6-13(2)18(16)20/h3-11H,1-2H3. The number of hydrogen-bond acceptors (Lipinski definition) is 1. The Morgan fingerprint density at radius 1 is 0.857 bits per heavy atom. The third kappa shape index (κ3) is 2.23. The summed E-state index contributed by atoms with van der Waals surface area (Å²) >= 11 is 0. The quantitative estimate of drug-likeness (QED) is 0.614. The molecule has 0 atom stereocenters. The van der Waals surface area contributed by atoms with Crippen LogP contribution in [0.1, 0.15) is 27.0 Å². The second-order valence-corrected chi connectivity index (χ2v) is 5.24. The van der Waals surface area contributed by atoms with Gasteiger partial charge in [0.2, 0.25) is 0 Å². The molecule has 0 heterocycles. The number of rotatable bonds is 2. The van der Waals surface area contributed by atoms with Crippen LogP contribution in [-0.2, 0) is 0 Å². The molecule has 0 saturated heterocycles. The molecule has 2 heteroatoms. The molecule has 0 fully saturated rings. The van der Waals surface area contributed by atoms with Crippen LogP contribution < -0.4 is 0 Å². The lowest BCUT2D eigenvalue weighted by atomic mass is 9.92. The maximum Gasteiger partial charge on any atom is 0.196 e. The zero-order valence-corrected chi connectivity index (χ0v) is 12.0. The van der Waals surface area contributed by atoms with Gasteiger partial charge in [0, 0.05) is 5.56 Å². The lowest BCUT2D eigenvalue weighted by molar-refractivity contribution is 0.103. The third-order valence-electron chi connectivity index (χ3n) is 3.80. The third-order valence-corrected chi connectivity index (χ3v) is 3.80. The maximum absolute atomic E-state index is 14.2. The Bertz CT molecular complexity index is 849. The van der Waals surface area contributed by atoms with E-state index in [4.69, 9.17) is 0 Å². The number of benzene rings is 3. The van der Waals surface area contributed by atoms with Gasteiger partial charge in [-0.05, 0) is 41.8 Å². The monoisotopic (exact) mass is 278 g/mol. The highest BCUT2D eigenvalue weighted by molar-refractivity contribution is 6.17. The fourth-order valence-electron chi connectivity index (χ4n) is 2.64. The number of fused-ring (bicyclic) bond motifs is 1. The first-order valence-corrected chi connectivity index (χ1v) is 6.88. The van der Waals surface area contributed by atoms with Crippen LogP contribution in [0.25, 0.3) is 10.8 Å². The zero-order chi connectivity index (χ0) is 15.0. The van der Waals surface area contributed by atoms with Crippen LogP contribution in [0.15, 0.2) is 54.6 Å². The van der Waals surface area contributed by atoms with Crippen LogP contribution in [0, 0.1) is 19.7 Å². The van der Waals surface area contributed by atoms with Crippen molar-refractivity contribution in [3.63, 3.8) is 0 Å². The Balaban J connectivity index is 2.27. The first-order valence-electron chi connectivity index (χ1n) is 6.88. The molecule has 0 aliphatic heterocycles. The van der Waals surface area contributed by atoms with E-state index in [1.807, 2.05) is 43.3 Å². The van der Waals surface area contributed by atoms with Crippen LogP contribution in [0.5, 0.6) is 0 Å². The first-order chi connectivity index (χ1) is 10.1. The van der Waals surface area contributed by atoms with E-state index in [-0.39, 0.29) is 11.3 Å². The number of ketones is 1. The van der Waals surface area contributed by atoms with Gasteiger partial charge in [-0.2, -0.15) is 0 Å². The number of hydrogen-bond donors (Lipinski definition) is 0. The summed E-state index contributed by atoms with van der Waals surface area (Å²) in [7, 11) is 0. The van der Waals surface area contributed by atoms with E-state index in [9.17, 15) is 9.18 Å². The number of halogens is 1. The Labute approximate surface area is 123 Å². The van der Waals surface area contributed by atoms with Crippen molar-refractivity contribution in [1.29, 1.82) is 0 Å². The van der Waals surface area contributed by atoms with Gasteiger partial charge in [-0.1, -0.05) is 48.5 Å². The highest BCUT2D eigenvalue weighted by Gasteiger charge is 2.19. The predicted octanol–water partition coefficient (Wildman–Crippen LogP) is 4.83. The molecule has 0 spiro atoms. The van der Waals surface area contributed by atoms with Gasteiger partial charge in [-0.3, -0.25) is 4.79 Å². The SMILES string of the molecule is Cc1cccc(C(=O)c2c(C)ccc3ccccc23)c1F. The Hall–Kier alpha value is -2.48. The average molecular weight is 278 g/mol. The van der Waals surface area contributed by atoms with Gasteiger partial charge in [0.05, 0.1) is 5.56 Å². The van der Waals surface area contributed by atoms with Gasteiger partial charge in [-0.25, -0.2) is 4.39 Å². The molecule has 0 saturated carbocycles. The first kappa shape index (κ1) is 13.5. The van der Waals surface area contributed by atoms with Gasteiger partial charge >= 0.3 is 0 Å². The Morgan fingerprint density at radius 2 is 1.62 bits per heavy atom. The molecule has 0 radical (unpaired) electrons. The molecule has 1 nitrogen and oxygen atoms in total. The van der Waals surface area contributed by atoms with Crippen molar-refractivity contribution in [3.8, 4) is 0 Å². The summed E-state index contributed by atoms with van der Waals surface area (Å²) in [5.41, 5.74) is 2.06. The van der Waals surface area contributed by atoms with Gasteiger partial charge in [-0.15, -0.1) is 0 Å². The summed E-state index contributed by atoms with van der Waals surface area (Å²) in [6.45, 7) is 3.55. The molecule has 3 aromatic carbocycles. The van der Waals surface area contributed by atoms with Crippen molar-refractivity contribution < 1.29 is 9.18 Å². The van der Waals surface area contributed by atoms with E-state index in [2.05, 4.69) is 0 Å². The summed E-state index contributed by atoms with van der Waals surface area (Å²) in [4.78, 5) is 12.8. The second kappa shape index (κ2) is 5.13. The fourth-order valence-corrected chi connectivity index (χ4v) is 2.64. The fraction of sp³-hybridized carbons (Fsp3) is 0.105. The minimum Gasteiger partial charge on any atom is -0.288 e. The van der Waals surface area contributed by atoms with E-state index < -0.39 is 5.82 Å². The average Bonchev–Trinajstić information content (AvgIpc) is 2.49. The Morgan fingerprint density at radius 3 is 2.43 bits per heavy atom. The van der Waals surface area contributed by atoms with Crippen molar-refractivity contribution >= 4 is 16.6 Å². The highest BCUT2D eigenvalue weighted by Crippen LogP contribution is 2.26. The summed E-state index contributed by atoms with van der Waals surface area (Å²) in [5.74, 6) is -0.694. The minimum absolute atomic E-state index is 0.134. The lowest BCUT2D eigenvalue weighted by Crippen LogP contribution is -2.08. The molecule has 0 amide bonds. The number of carbonyl (C=O) groups excluding carboxylic acids is 1. The van der Waals surface area contributed by atoms with E-state index in [1.54, 1.807) is 25.1 Å². The molecule has 104 valence electrons. The van der Waals surface area contributed by atoms with Crippen molar-refractivity contribution in [1.82, 2.24) is 0 Å². The predicted molar refractivity (Wildman–Crippen MR) is 83.3 cm³/mol. The summed E-state index contributed by atoms with van der Waals surface area (Å²) in [6, 6.07) is 16.5. The molecular weight excluding hydrogens is 263 g/mol. The lowest BCUT2D eigenvalue weighted by Gasteiger charge is -2.11. The molecule has 0 bridgehead atoms. The van der Waals surface area contributed by atoms with E-state index in [1.165, 1.54) is 0 Å². The van der Waals surface area contributed by atoms with Crippen LogP contribution in [0.2, 0.25) is 0 Å². The van der Waals surface area contributed by atoms with Crippen molar-refractivity contribution in [2.75, 3.05) is 0 Å². The highest BCUT2D eigenvalue weighted by atomic mass is 19.1. The van der Waals surface area contributed by atoms with E-state index >= 15 is 0 Å². The Kier molecular flexibility index (Phi) is 3.30. The molecule has 0 N–H and O–H groups in total. The molecule has 0 aromatic heterocycles. The van der Waals surface area contributed by atoms with Crippen molar-refractivity contribution in [3.05, 3.63) is 82.7 Å². The van der Waals surface area contributed by atoms with Gasteiger partial charge in [0.25, 0.3) is 0 Å². The van der Waals surface area contributed by atoms with E-state index in [0.717, 1.165) is 16.3 Å². The normalized spacial score (nSPS) is 10.8. The summed E-state index contributed by atoms with van der Waals surface area (Å²) < 4.78 is 14.2. The van der Waals surface area contributed by atoms with Gasteiger partial charge < -0.3 is 0 Å². The molecule has 3 aromatic rings. The maximum atomic E-state index is 14.2. The number of carbonyl (C=O) groups is 1. The molecule has 0 aliphatic rings. The molecule has 0 aliphatic carbocycles. The second-order valence-electron chi connectivity index (χ2n) is 5.24. The molecule has 0 unspecified atom stereocenters. The van der Waals surface area contributed by atoms with Gasteiger partial charge in [0.15, 0.2) is 5.78 Å². The summed E-state index contributed by atoms with van der Waals surface area (Å²) in [6.07, 6.45) is 0. The smallest absolute Gasteiger partial charge is 0.196 e. The largest absolute Gasteiger partial charge is 0.288 e. The zero-order valence-electron chi connectivity index (χ0n) is 12.0. The van der Waals surface area contributed by atoms with Crippen molar-refractivity contribution in [2.24, 2.45) is 0 Å². The number of aryl methyl sites for hydroxylation is 2. The van der Waals surface area contributed by atoms with Gasteiger partial charge in [0.1, 0.15) is 5.82 Å². The van der Waals surface area contributed by atoms with Crippen LogP contribution >= 0.6 is 0 Å². The molecule has 21 heavy (non-hydrogen) atoms. The molecular formula is C19H15FO. The van der Waals surface area contributed by atoms with Crippen LogP contribution in [0.3, 0.4) is 0 Å². The topological polar surface area (TPSA) is 17.1 Å². The minimum atomic E-state index is -0.435. The molecule has 3 rings (SSSR count). The van der Waals surface area contributed by atoms with E-state index in [0.29, 0.717) is 11.1 Å². The van der Waals surface area contributed by atoms with Crippen LogP contribution in [-0.4, -0.2) is 5.78 Å². The summed E-state index contributed by atoms with van der Waals surface area (Å²) in [5, 5.41) is 1.85. The van der Waals surface area contributed by atoms with Crippen molar-refractivity contribution in [2.45, 2.75) is 13.8 Å². The van der Waals surface area contributed by atoms with Crippen LogP contribution in [0.4, 0.5) is 4.39 Å².